The molecule has 152 valence electrons. The number of rotatable bonds is 5. The number of guanidine groups is 1. The van der Waals surface area contributed by atoms with E-state index in [1.165, 1.54) is 0 Å². The minimum Gasteiger partial charge on any atom is -0.357 e. The zero-order valence-corrected chi connectivity index (χ0v) is 18.2. The standard InChI is InChI=1S/C21H32N6S/c1-5-22-20(24-14-19-26-17(15-28-19)21(2,3)4)25-16-9-12-27(13-10-16)18-8-6-7-11-23-18/h6-8,11,15-16H,5,9-10,12-14H2,1-4H3,(H2,22,24,25). The predicted octanol–water partition coefficient (Wildman–Crippen LogP) is 3.56. The Balaban J connectivity index is 1.54. The minimum absolute atomic E-state index is 0.0861. The number of aliphatic imine (C=N–C) groups is 1. The molecule has 1 saturated heterocycles. The summed E-state index contributed by atoms with van der Waals surface area (Å²) >= 11 is 1.69. The Morgan fingerprint density at radius 3 is 2.68 bits per heavy atom. The molecule has 1 aliphatic heterocycles. The lowest BCUT2D eigenvalue weighted by Crippen LogP contribution is -2.48. The van der Waals surface area contributed by atoms with Crippen molar-refractivity contribution in [3.63, 3.8) is 0 Å². The van der Waals surface area contributed by atoms with Gasteiger partial charge in [0.1, 0.15) is 10.8 Å². The van der Waals surface area contributed by atoms with Gasteiger partial charge in [0.25, 0.3) is 0 Å². The van der Waals surface area contributed by atoms with Gasteiger partial charge in [-0.2, -0.15) is 0 Å². The van der Waals surface area contributed by atoms with Gasteiger partial charge >= 0.3 is 0 Å². The van der Waals surface area contributed by atoms with Crippen molar-refractivity contribution >= 4 is 23.1 Å². The number of hydrogen-bond donors (Lipinski definition) is 2. The second kappa shape index (κ2) is 9.37. The summed E-state index contributed by atoms with van der Waals surface area (Å²) in [6.45, 7) is 12.2. The molecule has 0 amide bonds. The van der Waals surface area contributed by atoms with E-state index in [4.69, 9.17) is 9.98 Å². The molecule has 1 aliphatic rings. The number of hydrogen-bond acceptors (Lipinski definition) is 5. The Hall–Kier alpha value is -2.15. The molecule has 0 bridgehead atoms. The summed E-state index contributed by atoms with van der Waals surface area (Å²) < 4.78 is 0. The molecule has 28 heavy (non-hydrogen) atoms. The number of thiazole rings is 1. The third-order valence-electron chi connectivity index (χ3n) is 4.85. The highest BCUT2D eigenvalue weighted by Gasteiger charge is 2.21. The molecule has 0 atom stereocenters. The lowest BCUT2D eigenvalue weighted by Gasteiger charge is -2.33. The Kier molecular flexibility index (Phi) is 6.88. The van der Waals surface area contributed by atoms with Crippen molar-refractivity contribution in [3.05, 3.63) is 40.5 Å². The highest BCUT2D eigenvalue weighted by atomic mass is 32.1. The lowest BCUT2D eigenvalue weighted by atomic mass is 9.93. The van der Waals surface area contributed by atoms with Crippen LogP contribution in [0.15, 0.2) is 34.8 Å². The monoisotopic (exact) mass is 400 g/mol. The highest BCUT2D eigenvalue weighted by Crippen LogP contribution is 2.24. The first-order valence-corrected chi connectivity index (χ1v) is 11.0. The van der Waals surface area contributed by atoms with Gasteiger partial charge in [-0.1, -0.05) is 26.8 Å². The fraction of sp³-hybridized carbons (Fsp3) is 0.571. The molecule has 0 saturated carbocycles. The highest BCUT2D eigenvalue weighted by molar-refractivity contribution is 7.09. The summed E-state index contributed by atoms with van der Waals surface area (Å²) in [5.41, 5.74) is 1.23. The number of anilines is 1. The molecule has 3 rings (SSSR count). The topological polar surface area (TPSA) is 65.4 Å². The second-order valence-electron chi connectivity index (χ2n) is 8.17. The van der Waals surface area contributed by atoms with Crippen molar-refractivity contribution in [2.75, 3.05) is 24.5 Å². The molecule has 0 radical (unpaired) electrons. The van der Waals surface area contributed by atoms with Crippen LogP contribution in [0.4, 0.5) is 5.82 Å². The largest absolute Gasteiger partial charge is 0.357 e. The molecule has 2 aromatic rings. The van der Waals surface area contributed by atoms with Gasteiger partial charge in [0.05, 0.1) is 12.2 Å². The first-order chi connectivity index (χ1) is 13.5. The zero-order chi connectivity index (χ0) is 20.0. The van der Waals surface area contributed by atoms with Crippen LogP contribution in [0.25, 0.3) is 0 Å². The molecule has 1 fully saturated rings. The van der Waals surface area contributed by atoms with E-state index in [1.807, 2.05) is 18.3 Å². The first-order valence-electron chi connectivity index (χ1n) is 10.1. The van der Waals surface area contributed by atoms with E-state index in [0.717, 1.165) is 55.0 Å². The summed E-state index contributed by atoms with van der Waals surface area (Å²) in [5, 5.41) is 10.2. The normalized spacial score (nSPS) is 16.3. The van der Waals surface area contributed by atoms with Crippen molar-refractivity contribution in [2.45, 2.75) is 58.5 Å². The zero-order valence-electron chi connectivity index (χ0n) is 17.4. The average Bonchev–Trinajstić information content (AvgIpc) is 3.17. The number of nitrogens with one attached hydrogen (secondary N) is 2. The van der Waals surface area contributed by atoms with Crippen molar-refractivity contribution in [2.24, 2.45) is 4.99 Å². The second-order valence-corrected chi connectivity index (χ2v) is 9.11. The summed E-state index contributed by atoms with van der Waals surface area (Å²) in [4.78, 5) is 16.3. The van der Waals surface area contributed by atoms with Crippen LogP contribution < -0.4 is 15.5 Å². The van der Waals surface area contributed by atoms with Crippen LogP contribution in [0.3, 0.4) is 0 Å². The molecule has 0 unspecified atom stereocenters. The minimum atomic E-state index is 0.0861. The van der Waals surface area contributed by atoms with Crippen LogP contribution in [0.1, 0.15) is 51.2 Å². The van der Waals surface area contributed by atoms with Crippen LogP contribution in [-0.4, -0.2) is 41.6 Å². The van der Waals surface area contributed by atoms with Gasteiger partial charge in [-0.15, -0.1) is 11.3 Å². The Bertz CT molecular complexity index is 757. The molecule has 7 heteroatoms. The SMILES string of the molecule is CCNC(=NCc1nc(C(C)(C)C)cs1)NC1CCN(c2ccccn2)CC1. The maximum Gasteiger partial charge on any atom is 0.191 e. The summed E-state index contributed by atoms with van der Waals surface area (Å²) in [7, 11) is 0. The Labute approximate surface area is 172 Å². The number of aromatic nitrogens is 2. The smallest absolute Gasteiger partial charge is 0.191 e. The molecule has 3 heterocycles. The molecule has 0 aliphatic carbocycles. The maximum atomic E-state index is 4.77. The number of pyridine rings is 1. The van der Waals surface area contributed by atoms with Crippen molar-refractivity contribution in [1.82, 2.24) is 20.6 Å². The Morgan fingerprint density at radius 2 is 2.07 bits per heavy atom. The predicted molar refractivity (Wildman–Crippen MR) is 118 cm³/mol. The van der Waals surface area contributed by atoms with E-state index in [9.17, 15) is 0 Å². The lowest BCUT2D eigenvalue weighted by molar-refractivity contribution is 0.459. The van der Waals surface area contributed by atoms with E-state index in [-0.39, 0.29) is 5.41 Å². The van der Waals surface area contributed by atoms with E-state index in [2.05, 4.69) is 59.7 Å². The molecule has 2 aromatic heterocycles. The first kappa shape index (κ1) is 20.6. The van der Waals surface area contributed by atoms with Crippen LogP contribution in [0, 0.1) is 0 Å². The maximum absolute atomic E-state index is 4.77. The molecule has 0 aromatic carbocycles. The Morgan fingerprint density at radius 1 is 1.29 bits per heavy atom. The van der Waals surface area contributed by atoms with Gasteiger partial charge < -0.3 is 15.5 Å². The molecule has 0 spiro atoms. The summed E-state index contributed by atoms with van der Waals surface area (Å²) in [6.07, 6.45) is 4.01. The summed E-state index contributed by atoms with van der Waals surface area (Å²) in [5.74, 6) is 1.95. The van der Waals surface area contributed by atoms with Gasteiger partial charge in [-0.25, -0.2) is 15.0 Å². The number of nitrogens with zero attached hydrogens (tertiary/aromatic N) is 4. The van der Waals surface area contributed by atoms with Crippen molar-refractivity contribution in [1.29, 1.82) is 0 Å². The van der Waals surface area contributed by atoms with E-state index in [1.54, 1.807) is 11.3 Å². The summed E-state index contributed by atoms with van der Waals surface area (Å²) in [6, 6.07) is 6.52. The third kappa shape index (κ3) is 5.67. The third-order valence-corrected chi connectivity index (χ3v) is 5.68. The van der Waals surface area contributed by atoms with Crippen molar-refractivity contribution in [3.8, 4) is 0 Å². The van der Waals surface area contributed by atoms with Gasteiger partial charge in [0, 0.05) is 42.7 Å². The van der Waals surface area contributed by atoms with Crippen molar-refractivity contribution < 1.29 is 0 Å². The van der Waals surface area contributed by atoms with E-state index in [0.29, 0.717) is 12.6 Å². The van der Waals surface area contributed by atoms with Gasteiger partial charge in [-0.05, 0) is 31.9 Å². The van der Waals surface area contributed by atoms with Crippen LogP contribution >= 0.6 is 11.3 Å². The van der Waals surface area contributed by atoms with Crippen LogP contribution in [0.5, 0.6) is 0 Å². The molecular weight excluding hydrogens is 368 g/mol. The van der Waals surface area contributed by atoms with Gasteiger partial charge in [0.15, 0.2) is 5.96 Å². The van der Waals surface area contributed by atoms with E-state index < -0.39 is 0 Å². The molecule has 6 nitrogen and oxygen atoms in total. The average molecular weight is 401 g/mol. The van der Waals surface area contributed by atoms with Gasteiger partial charge in [-0.3, -0.25) is 0 Å². The van der Waals surface area contributed by atoms with Gasteiger partial charge in [0.2, 0.25) is 0 Å². The van der Waals surface area contributed by atoms with E-state index >= 15 is 0 Å². The quantitative estimate of drug-likeness (QED) is 0.593. The van der Waals surface area contributed by atoms with Crippen LogP contribution in [-0.2, 0) is 12.0 Å². The fourth-order valence-corrected chi connectivity index (χ4v) is 4.13. The fourth-order valence-electron chi connectivity index (χ4n) is 3.18. The van der Waals surface area contributed by atoms with Crippen LogP contribution in [0.2, 0.25) is 0 Å². The number of piperidine rings is 1. The molecular formula is C21H32N6S. The molecule has 2 N–H and O–H groups in total.